The molecule has 1 unspecified atom stereocenters. The minimum Gasteiger partial charge on any atom is -0.352 e. The highest BCUT2D eigenvalue weighted by molar-refractivity contribution is 6.06. The first-order valence-corrected chi connectivity index (χ1v) is 16.8. The molecule has 50 heavy (non-hydrogen) atoms. The molecule has 2 aliphatic heterocycles. The Morgan fingerprint density at radius 3 is 2.52 bits per heavy atom. The number of benzene rings is 3. The highest BCUT2D eigenvalue weighted by Gasteiger charge is 2.40. The quantitative estimate of drug-likeness (QED) is 0.122. The number of aromatic nitrogens is 2. The Kier molecular flexibility index (Phi) is 10.4. The van der Waals surface area contributed by atoms with Crippen LogP contribution in [0.3, 0.4) is 0 Å². The number of piperidine rings is 1. The third kappa shape index (κ3) is 7.61. The fraction of sp³-hybridized carbons (Fsp3) is 0.324. The first kappa shape index (κ1) is 34.2. The molecule has 1 aromatic heterocycles. The van der Waals surface area contributed by atoms with Crippen molar-refractivity contribution in [2.45, 2.75) is 70.4 Å². The molecule has 4 N–H and O–H groups in total. The number of rotatable bonds is 13. The number of imide groups is 1. The van der Waals surface area contributed by atoms with Gasteiger partial charge in [0.25, 0.3) is 17.4 Å². The summed E-state index contributed by atoms with van der Waals surface area (Å²) in [5.74, 6) is -2.43. The molecule has 4 aromatic rings. The summed E-state index contributed by atoms with van der Waals surface area (Å²) in [7, 11) is 0. The zero-order valence-corrected chi connectivity index (χ0v) is 27.4. The summed E-state index contributed by atoms with van der Waals surface area (Å²) in [4.78, 5) is 76.0. The number of amides is 5. The highest BCUT2D eigenvalue weighted by atomic mass is 19.1. The molecule has 12 nitrogen and oxygen atoms in total. The van der Waals surface area contributed by atoms with E-state index in [-0.39, 0.29) is 48.2 Å². The Balaban J connectivity index is 0.908. The van der Waals surface area contributed by atoms with Crippen LogP contribution in [-0.2, 0) is 27.3 Å². The molecule has 2 aliphatic rings. The van der Waals surface area contributed by atoms with E-state index < -0.39 is 23.7 Å². The number of aromatic amines is 1. The van der Waals surface area contributed by atoms with Crippen molar-refractivity contribution in [1.82, 2.24) is 25.7 Å². The van der Waals surface area contributed by atoms with Gasteiger partial charge in [-0.25, -0.2) is 9.49 Å². The van der Waals surface area contributed by atoms with Crippen LogP contribution in [0.15, 0.2) is 65.5 Å². The molecule has 0 radical (unpaired) electrons. The van der Waals surface area contributed by atoms with Gasteiger partial charge in [0.2, 0.25) is 17.7 Å². The zero-order chi connectivity index (χ0) is 35.2. The van der Waals surface area contributed by atoms with Crippen LogP contribution in [0.5, 0.6) is 0 Å². The topological polar surface area (TPSA) is 170 Å². The van der Waals surface area contributed by atoms with Gasteiger partial charge in [0, 0.05) is 54.6 Å². The van der Waals surface area contributed by atoms with Gasteiger partial charge in [0.05, 0.1) is 16.6 Å². The molecule has 1 saturated heterocycles. The van der Waals surface area contributed by atoms with Crippen molar-refractivity contribution in [2.75, 3.05) is 11.9 Å². The largest absolute Gasteiger partial charge is 0.352 e. The smallest absolute Gasteiger partial charge is 0.272 e. The number of H-pyrrole nitrogens is 1. The number of nitrogens with zero attached hydrogens (tertiary/aromatic N) is 2. The van der Waals surface area contributed by atoms with Crippen molar-refractivity contribution >= 4 is 46.0 Å². The van der Waals surface area contributed by atoms with Crippen LogP contribution in [-0.4, -0.2) is 57.2 Å². The van der Waals surface area contributed by atoms with Gasteiger partial charge < -0.3 is 15.5 Å². The van der Waals surface area contributed by atoms with E-state index in [1.54, 1.807) is 42.5 Å². The van der Waals surface area contributed by atoms with E-state index >= 15 is 0 Å². The Bertz CT molecular complexity index is 2040. The van der Waals surface area contributed by atoms with Crippen molar-refractivity contribution in [3.8, 4) is 0 Å². The molecule has 6 rings (SSSR count). The SMILES string of the molecule is O=C1CCC(N2Cc3c(NC(=O)CCCCCCCNC(=O)c4cc(Cc5n[nH]c(=O)c6ccccc56)ccc4F)cccc3C2=O)C(=O)N1. The molecule has 0 aliphatic carbocycles. The number of carbonyl (C=O) groups excluding carboxylic acids is 5. The van der Waals surface area contributed by atoms with Gasteiger partial charge in [-0.15, -0.1) is 0 Å². The molecule has 0 saturated carbocycles. The second kappa shape index (κ2) is 15.2. The Labute approximate surface area is 286 Å². The van der Waals surface area contributed by atoms with Crippen LogP contribution in [0.2, 0.25) is 0 Å². The standard InChI is InChI=1S/C37H37FN6O6/c38-28-15-14-22(20-30-23-9-5-6-10-24(23)35(48)43-42-30)19-26(28)34(47)39-18-7-3-1-2-4-13-32(45)40-29-12-8-11-25-27(29)21-44(37(25)50)31-16-17-33(46)41-36(31)49/h5-6,8-12,14-15,19,31H,1-4,7,13,16-18,20-21H2,(H,39,47)(H,40,45)(H,43,48)(H,41,46,49). The number of unbranched alkanes of at least 4 members (excludes halogenated alkanes) is 4. The second-order valence-corrected chi connectivity index (χ2v) is 12.6. The first-order chi connectivity index (χ1) is 24.2. The lowest BCUT2D eigenvalue weighted by atomic mass is 10.0. The average molecular weight is 681 g/mol. The van der Waals surface area contributed by atoms with Crippen LogP contribution in [0, 0.1) is 5.82 Å². The lowest BCUT2D eigenvalue weighted by Gasteiger charge is -2.29. The summed E-state index contributed by atoms with van der Waals surface area (Å²) in [6.07, 6.45) is 4.87. The minimum absolute atomic E-state index is 0.0562. The summed E-state index contributed by atoms with van der Waals surface area (Å²) in [6.45, 7) is 0.556. The van der Waals surface area contributed by atoms with E-state index in [1.165, 1.54) is 17.0 Å². The van der Waals surface area contributed by atoms with Gasteiger partial charge >= 0.3 is 0 Å². The maximum Gasteiger partial charge on any atom is 0.272 e. The lowest BCUT2D eigenvalue weighted by Crippen LogP contribution is -2.52. The van der Waals surface area contributed by atoms with Crippen molar-refractivity contribution < 1.29 is 28.4 Å². The molecule has 3 heterocycles. The minimum atomic E-state index is -0.726. The third-order valence-electron chi connectivity index (χ3n) is 9.14. The third-order valence-corrected chi connectivity index (χ3v) is 9.14. The zero-order valence-electron chi connectivity index (χ0n) is 27.4. The van der Waals surface area contributed by atoms with Crippen LogP contribution < -0.4 is 21.5 Å². The van der Waals surface area contributed by atoms with E-state index in [4.69, 9.17) is 0 Å². The maximum absolute atomic E-state index is 14.6. The monoisotopic (exact) mass is 680 g/mol. The fourth-order valence-corrected chi connectivity index (χ4v) is 6.51. The number of halogens is 1. The Morgan fingerprint density at radius 2 is 1.70 bits per heavy atom. The van der Waals surface area contributed by atoms with Gasteiger partial charge in [-0.05, 0) is 55.2 Å². The second-order valence-electron chi connectivity index (χ2n) is 12.6. The molecule has 1 atom stereocenters. The molecule has 3 aromatic carbocycles. The van der Waals surface area contributed by atoms with E-state index in [0.717, 1.165) is 19.3 Å². The summed E-state index contributed by atoms with van der Waals surface area (Å²) < 4.78 is 14.6. The summed E-state index contributed by atoms with van der Waals surface area (Å²) in [5, 5.41) is 15.9. The number of fused-ring (bicyclic) bond motifs is 2. The molecule has 1 fully saturated rings. The van der Waals surface area contributed by atoms with Gasteiger partial charge in [0.1, 0.15) is 11.9 Å². The maximum atomic E-state index is 14.6. The van der Waals surface area contributed by atoms with Crippen LogP contribution in [0.25, 0.3) is 10.8 Å². The van der Waals surface area contributed by atoms with E-state index in [1.807, 2.05) is 6.07 Å². The van der Waals surface area contributed by atoms with Gasteiger partial charge in [-0.2, -0.15) is 5.10 Å². The van der Waals surface area contributed by atoms with Crippen LogP contribution in [0.1, 0.15) is 88.9 Å². The number of hydrogen-bond donors (Lipinski definition) is 4. The Hall–Kier alpha value is -5.72. The average Bonchev–Trinajstić information content (AvgIpc) is 3.44. The summed E-state index contributed by atoms with van der Waals surface area (Å²) in [6, 6.07) is 15.8. The lowest BCUT2D eigenvalue weighted by molar-refractivity contribution is -0.137. The van der Waals surface area contributed by atoms with Crippen molar-refractivity contribution in [1.29, 1.82) is 0 Å². The summed E-state index contributed by atoms with van der Waals surface area (Å²) in [5.41, 5.74) is 2.59. The molecule has 0 spiro atoms. The fourth-order valence-electron chi connectivity index (χ4n) is 6.51. The molecule has 5 amide bonds. The molecular weight excluding hydrogens is 643 g/mol. The molecule has 258 valence electrons. The molecule has 0 bridgehead atoms. The number of nitrogens with one attached hydrogen (secondary N) is 4. The van der Waals surface area contributed by atoms with Crippen molar-refractivity contribution in [3.63, 3.8) is 0 Å². The van der Waals surface area contributed by atoms with E-state index in [9.17, 15) is 33.2 Å². The van der Waals surface area contributed by atoms with Gasteiger partial charge in [-0.3, -0.25) is 34.1 Å². The first-order valence-electron chi connectivity index (χ1n) is 16.8. The normalized spacial score (nSPS) is 15.6. The van der Waals surface area contributed by atoms with Gasteiger partial charge in [-0.1, -0.05) is 49.6 Å². The van der Waals surface area contributed by atoms with E-state index in [2.05, 4.69) is 26.1 Å². The molecule has 13 heteroatoms. The van der Waals surface area contributed by atoms with E-state index in [0.29, 0.717) is 71.1 Å². The highest BCUT2D eigenvalue weighted by Crippen LogP contribution is 2.32. The Morgan fingerprint density at radius 1 is 0.920 bits per heavy atom. The predicted octanol–water partition coefficient (Wildman–Crippen LogP) is 4.12. The van der Waals surface area contributed by atoms with Crippen molar-refractivity contribution in [3.05, 3.63) is 105 Å². The number of hydrogen-bond acceptors (Lipinski definition) is 7. The van der Waals surface area contributed by atoms with Crippen LogP contribution in [0.4, 0.5) is 10.1 Å². The van der Waals surface area contributed by atoms with Crippen LogP contribution >= 0.6 is 0 Å². The molecular formula is C37H37FN6O6. The van der Waals surface area contributed by atoms with Gasteiger partial charge in [0.15, 0.2) is 0 Å². The summed E-state index contributed by atoms with van der Waals surface area (Å²) >= 11 is 0. The number of carbonyl (C=O) groups is 5. The predicted molar refractivity (Wildman–Crippen MR) is 183 cm³/mol. The number of anilines is 1. The van der Waals surface area contributed by atoms with Crippen molar-refractivity contribution in [2.24, 2.45) is 0 Å².